The van der Waals surface area contributed by atoms with Crippen LogP contribution in [0.4, 0.5) is 13.2 Å². The van der Waals surface area contributed by atoms with Crippen molar-refractivity contribution in [3.05, 3.63) is 46.4 Å². The molecular weight excluding hydrogens is 289 g/mol. The van der Waals surface area contributed by atoms with Gasteiger partial charge in [0.2, 0.25) is 5.75 Å². The second kappa shape index (κ2) is 5.47. The minimum absolute atomic E-state index is 0.0178. The Morgan fingerprint density at radius 1 is 1.19 bits per heavy atom. The minimum atomic E-state index is -4.50. The molecule has 0 N–H and O–H groups in total. The van der Waals surface area contributed by atoms with Crippen LogP contribution in [0.5, 0.6) is 11.5 Å². The van der Waals surface area contributed by atoms with Crippen LogP contribution in [-0.4, -0.2) is 24.0 Å². The van der Waals surface area contributed by atoms with E-state index in [1.807, 2.05) is 0 Å². The third-order valence-corrected chi connectivity index (χ3v) is 2.74. The molecule has 0 fully saturated rings. The predicted octanol–water partition coefficient (Wildman–Crippen LogP) is 2.27. The van der Waals surface area contributed by atoms with E-state index in [0.717, 1.165) is 16.8 Å². The highest BCUT2D eigenvalue weighted by molar-refractivity contribution is 5.41. The quantitative estimate of drug-likeness (QED) is 0.872. The molecule has 0 amide bonds. The second-order valence-electron chi connectivity index (χ2n) is 4.01. The first kappa shape index (κ1) is 14.9. The lowest BCUT2D eigenvalue weighted by atomic mass is 10.2. The first-order valence-electron chi connectivity index (χ1n) is 5.76. The average molecular weight is 300 g/mol. The van der Waals surface area contributed by atoms with Crippen LogP contribution >= 0.6 is 0 Å². The number of methoxy groups -OCH3 is 2. The summed E-state index contributed by atoms with van der Waals surface area (Å²) < 4.78 is 48.7. The Labute approximate surface area is 117 Å². The number of hydrogen-bond acceptors (Lipinski definition) is 4. The van der Waals surface area contributed by atoms with Crippen LogP contribution in [0.25, 0.3) is 5.69 Å². The fourth-order valence-electron chi connectivity index (χ4n) is 1.75. The van der Waals surface area contributed by atoms with Crippen LogP contribution in [-0.2, 0) is 6.18 Å². The van der Waals surface area contributed by atoms with E-state index in [0.29, 0.717) is 0 Å². The normalized spacial score (nSPS) is 11.3. The minimum Gasteiger partial charge on any atom is -0.491 e. The van der Waals surface area contributed by atoms with Crippen molar-refractivity contribution in [2.24, 2.45) is 0 Å². The summed E-state index contributed by atoms with van der Waals surface area (Å²) in [4.78, 5) is 12.2. The number of halogens is 3. The number of benzene rings is 1. The van der Waals surface area contributed by atoms with Gasteiger partial charge in [0.05, 0.1) is 31.7 Å². The van der Waals surface area contributed by atoms with Crippen molar-refractivity contribution >= 4 is 0 Å². The molecule has 112 valence electrons. The van der Waals surface area contributed by atoms with Crippen LogP contribution in [0.1, 0.15) is 5.56 Å². The highest BCUT2D eigenvalue weighted by atomic mass is 19.4. The van der Waals surface area contributed by atoms with Crippen molar-refractivity contribution in [1.82, 2.24) is 9.78 Å². The standard InChI is InChI=1S/C13H11F3N2O3/c1-20-10-7-17-18(12(19)11(10)21-2)9-5-3-4-8(6-9)13(14,15)16/h3-7H,1-2H3. The fourth-order valence-corrected chi connectivity index (χ4v) is 1.75. The van der Waals surface area contributed by atoms with Crippen molar-refractivity contribution in [3.8, 4) is 17.2 Å². The molecule has 0 atom stereocenters. The summed E-state index contributed by atoms with van der Waals surface area (Å²) in [5.74, 6) is -0.0318. The van der Waals surface area contributed by atoms with Gasteiger partial charge < -0.3 is 9.47 Å². The molecule has 0 spiro atoms. The summed E-state index contributed by atoms with van der Waals surface area (Å²) in [5.41, 5.74) is -1.60. The zero-order valence-electron chi connectivity index (χ0n) is 11.1. The Morgan fingerprint density at radius 2 is 1.90 bits per heavy atom. The highest BCUT2D eigenvalue weighted by Crippen LogP contribution is 2.30. The Balaban J connectivity index is 2.61. The lowest BCUT2D eigenvalue weighted by Gasteiger charge is -2.11. The SMILES string of the molecule is COc1cnn(-c2cccc(C(F)(F)F)c2)c(=O)c1OC. The molecule has 1 heterocycles. The molecule has 8 heteroatoms. The van der Waals surface area contributed by atoms with E-state index in [9.17, 15) is 18.0 Å². The van der Waals surface area contributed by atoms with Gasteiger partial charge in [0, 0.05) is 0 Å². The van der Waals surface area contributed by atoms with E-state index < -0.39 is 17.3 Å². The number of hydrogen-bond donors (Lipinski definition) is 0. The summed E-state index contributed by atoms with van der Waals surface area (Å²) in [6, 6.07) is 4.29. The first-order valence-corrected chi connectivity index (χ1v) is 5.76. The summed E-state index contributed by atoms with van der Waals surface area (Å²) in [7, 11) is 2.59. The van der Waals surface area contributed by atoms with E-state index in [4.69, 9.17) is 9.47 Å². The van der Waals surface area contributed by atoms with Gasteiger partial charge in [-0.2, -0.15) is 23.0 Å². The molecule has 21 heavy (non-hydrogen) atoms. The zero-order chi connectivity index (χ0) is 15.6. The molecule has 5 nitrogen and oxygen atoms in total. The Hall–Kier alpha value is -2.51. The zero-order valence-corrected chi connectivity index (χ0v) is 11.1. The van der Waals surface area contributed by atoms with Crippen molar-refractivity contribution < 1.29 is 22.6 Å². The molecule has 1 aromatic heterocycles. The van der Waals surface area contributed by atoms with Crippen LogP contribution < -0.4 is 15.0 Å². The second-order valence-corrected chi connectivity index (χ2v) is 4.01. The van der Waals surface area contributed by atoms with Crippen LogP contribution in [0, 0.1) is 0 Å². The molecule has 0 aliphatic carbocycles. The van der Waals surface area contributed by atoms with Gasteiger partial charge in [0.15, 0.2) is 5.75 Å². The van der Waals surface area contributed by atoms with Crippen LogP contribution in [0.3, 0.4) is 0 Å². The maximum atomic E-state index is 12.7. The van der Waals surface area contributed by atoms with Gasteiger partial charge in [0.25, 0.3) is 0 Å². The van der Waals surface area contributed by atoms with Gasteiger partial charge in [-0.1, -0.05) is 6.07 Å². The van der Waals surface area contributed by atoms with Crippen molar-refractivity contribution in [3.63, 3.8) is 0 Å². The Bertz CT molecular complexity index is 711. The molecular formula is C13H11F3N2O3. The molecule has 2 aromatic rings. The maximum Gasteiger partial charge on any atom is 0.416 e. The summed E-state index contributed by atoms with van der Waals surface area (Å²) in [6.45, 7) is 0. The first-order chi connectivity index (χ1) is 9.88. The molecule has 0 aliphatic heterocycles. The van der Waals surface area contributed by atoms with Gasteiger partial charge >= 0.3 is 11.7 Å². The smallest absolute Gasteiger partial charge is 0.416 e. The van der Waals surface area contributed by atoms with Gasteiger partial charge in [-0.15, -0.1) is 0 Å². The summed E-state index contributed by atoms with van der Waals surface area (Å²) in [5, 5.41) is 3.78. The molecule has 1 aromatic carbocycles. The topological polar surface area (TPSA) is 53.4 Å². The van der Waals surface area contributed by atoms with E-state index in [2.05, 4.69) is 5.10 Å². The largest absolute Gasteiger partial charge is 0.491 e. The average Bonchev–Trinajstić information content (AvgIpc) is 2.46. The lowest BCUT2D eigenvalue weighted by molar-refractivity contribution is -0.137. The van der Waals surface area contributed by atoms with Crippen molar-refractivity contribution in [1.29, 1.82) is 0 Å². The van der Waals surface area contributed by atoms with E-state index in [1.165, 1.54) is 32.5 Å². The summed E-state index contributed by atoms with van der Waals surface area (Å²) >= 11 is 0. The van der Waals surface area contributed by atoms with E-state index >= 15 is 0 Å². The molecule has 0 unspecified atom stereocenters. The van der Waals surface area contributed by atoms with E-state index in [-0.39, 0.29) is 17.2 Å². The Kier molecular flexibility index (Phi) is 3.88. The molecule has 0 radical (unpaired) electrons. The molecule has 0 saturated carbocycles. The summed E-state index contributed by atoms with van der Waals surface area (Å²) in [6.07, 6.45) is -3.31. The molecule has 2 rings (SSSR count). The maximum absolute atomic E-state index is 12.7. The predicted molar refractivity (Wildman–Crippen MR) is 67.9 cm³/mol. The van der Waals surface area contributed by atoms with Gasteiger partial charge in [0.1, 0.15) is 0 Å². The monoisotopic (exact) mass is 300 g/mol. The van der Waals surface area contributed by atoms with Crippen LogP contribution in [0.2, 0.25) is 0 Å². The third-order valence-electron chi connectivity index (χ3n) is 2.74. The van der Waals surface area contributed by atoms with Crippen LogP contribution in [0.15, 0.2) is 35.3 Å². The van der Waals surface area contributed by atoms with Gasteiger partial charge in [-0.05, 0) is 18.2 Å². The lowest BCUT2D eigenvalue weighted by Crippen LogP contribution is -2.23. The van der Waals surface area contributed by atoms with E-state index in [1.54, 1.807) is 0 Å². The Morgan fingerprint density at radius 3 is 2.48 bits per heavy atom. The van der Waals surface area contributed by atoms with Crippen molar-refractivity contribution in [2.75, 3.05) is 14.2 Å². The third kappa shape index (κ3) is 2.83. The molecule has 0 saturated heterocycles. The number of ether oxygens (including phenoxy) is 2. The molecule has 0 aliphatic rings. The number of nitrogens with zero attached hydrogens (tertiary/aromatic N) is 2. The van der Waals surface area contributed by atoms with Gasteiger partial charge in [-0.25, -0.2) is 0 Å². The number of aromatic nitrogens is 2. The number of rotatable bonds is 3. The fraction of sp³-hybridized carbons (Fsp3) is 0.231. The van der Waals surface area contributed by atoms with Gasteiger partial charge in [-0.3, -0.25) is 4.79 Å². The highest BCUT2D eigenvalue weighted by Gasteiger charge is 2.30. The van der Waals surface area contributed by atoms with Crippen molar-refractivity contribution in [2.45, 2.75) is 6.18 Å². The number of alkyl halides is 3. The molecule has 0 bridgehead atoms.